The Kier molecular flexibility index (Phi) is 4.31. The first-order valence-corrected chi connectivity index (χ1v) is 12.6. The molecule has 4 aromatic rings. The van der Waals surface area contributed by atoms with Crippen LogP contribution < -0.4 is 20.7 Å². The van der Waals surface area contributed by atoms with Crippen molar-refractivity contribution in [2.24, 2.45) is 0 Å². The third-order valence-electron chi connectivity index (χ3n) is 5.29. The first-order valence-electron chi connectivity index (χ1n) is 8.98. The standard InChI is InChI=1S/C24H17BrSSi/c25-18-14-16-20(17-15-18)27(19-8-2-1-3-9-19)23-12-6-4-10-21(23)26-22-11-5-7-13-24(22)27/h1-17H. The fourth-order valence-electron chi connectivity index (χ4n) is 4.17. The Morgan fingerprint density at radius 2 is 1.00 bits per heavy atom. The van der Waals surface area contributed by atoms with Crippen LogP contribution in [0.3, 0.4) is 0 Å². The molecule has 0 amide bonds. The number of hydrogen-bond donors (Lipinski definition) is 0. The summed E-state index contributed by atoms with van der Waals surface area (Å²) < 4.78 is 1.12. The van der Waals surface area contributed by atoms with Gasteiger partial charge in [0.1, 0.15) is 0 Å². The van der Waals surface area contributed by atoms with Gasteiger partial charge < -0.3 is 0 Å². The average molecular weight is 445 g/mol. The molecule has 0 bridgehead atoms. The molecule has 5 rings (SSSR count). The van der Waals surface area contributed by atoms with Crippen molar-refractivity contribution in [2.75, 3.05) is 0 Å². The van der Waals surface area contributed by atoms with E-state index in [-0.39, 0.29) is 0 Å². The lowest BCUT2D eigenvalue weighted by Gasteiger charge is -2.39. The maximum Gasteiger partial charge on any atom is 0.181 e. The van der Waals surface area contributed by atoms with Gasteiger partial charge in [0, 0.05) is 14.3 Å². The molecule has 1 aliphatic rings. The number of hydrogen-bond acceptors (Lipinski definition) is 1. The van der Waals surface area contributed by atoms with Crippen LogP contribution in [-0.2, 0) is 0 Å². The second-order valence-corrected chi connectivity index (χ2v) is 12.4. The lowest BCUT2D eigenvalue weighted by atomic mass is 10.3. The van der Waals surface area contributed by atoms with E-state index in [2.05, 4.69) is 119 Å². The summed E-state index contributed by atoms with van der Waals surface area (Å²) in [6.07, 6.45) is 0. The van der Waals surface area contributed by atoms with Crippen LogP contribution >= 0.6 is 27.7 Å². The topological polar surface area (TPSA) is 0 Å². The fourth-order valence-corrected chi connectivity index (χ4v) is 11.4. The predicted molar refractivity (Wildman–Crippen MR) is 122 cm³/mol. The quantitative estimate of drug-likeness (QED) is 0.366. The largest absolute Gasteiger partial charge is 0.181 e. The summed E-state index contributed by atoms with van der Waals surface area (Å²) >= 11 is 5.52. The minimum Gasteiger partial charge on any atom is -0.0903 e. The molecule has 27 heavy (non-hydrogen) atoms. The second-order valence-electron chi connectivity index (χ2n) is 6.72. The summed E-state index contributed by atoms with van der Waals surface area (Å²) in [5.41, 5.74) is 0. The lowest BCUT2D eigenvalue weighted by molar-refractivity contribution is 1.42. The number of fused-ring (bicyclic) bond motifs is 2. The Balaban J connectivity index is 1.95. The SMILES string of the molecule is Brc1ccc([Si]2(c3ccccc3)c3ccccc3Sc3ccccc32)cc1. The van der Waals surface area contributed by atoms with E-state index in [0.29, 0.717) is 0 Å². The van der Waals surface area contributed by atoms with Gasteiger partial charge in [-0.1, -0.05) is 107 Å². The molecular formula is C24H17BrSSi. The zero-order valence-electron chi connectivity index (χ0n) is 14.6. The molecule has 0 aromatic heterocycles. The highest BCUT2D eigenvalue weighted by molar-refractivity contribution is 9.10. The zero-order valence-corrected chi connectivity index (χ0v) is 18.0. The highest BCUT2D eigenvalue weighted by Gasteiger charge is 2.46. The lowest BCUT2D eigenvalue weighted by Crippen LogP contribution is -2.76. The molecule has 0 fully saturated rings. The average Bonchev–Trinajstić information content (AvgIpc) is 2.73. The van der Waals surface area contributed by atoms with Crippen LogP contribution in [0, 0.1) is 0 Å². The molecule has 130 valence electrons. The van der Waals surface area contributed by atoms with Gasteiger partial charge in [0.05, 0.1) is 0 Å². The van der Waals surface area contributed by atoms with E-state index in [9.17, 15) is 0 Å². The highest BCUT2D eigenvalue weighted by Crippen LogP contribution is 2.32. The summed E-state index contributed by atoms with van der Waals surface area (Å²) in [7, 11) is -2.34. The van der Waals surface area contributed by atoms with Gasteiger partial charge in [0.25, 0.3) is 0 Å². The Morgan fingerprint density at radius 1 is 0.519 bits per heavy atom. The van der Waals surface area contributed by atoms with Crippen molar-refractivity contribution in [2.45, 2.75) is 9.79 Å². The summed E-state index contributed by atoms with van der Waals surface area (Å²) in [4.78, 5) is 2.77. The van der Waals surface area contributed by atoms with Gasteiger partial charge >= 0.3 is 0 Å². The molecule has 1 heterocycles. The van der Waals surface area contributed by atoms with Crippen LogP contribution in [0.5, 0.6) is 0 Å². The van der Waals surface area contributed by atoms with Crippen LogP contribution in [0.25, 0.3) is 0 Å². The third kappa shape index (κ3) is 2.65. The van der Waals surface area contributed by atoms with Crippen molar-refractivity contribution in [3.8, 4) is 0 Å². The summed E-state index contributed by atoms with van der Waals surface area (Å²) in [6.45, 7) is 0. The van der Waals surface area contributed by atoms with E-state index in [1.165, 1.54) is 30.5 Å². The molecule has 0 unspecified atom stereocenters. The Morgan fingerprint density at radius 3 is 1.59 bits per heavy atom. The van der Waals surface area contributed by atoms with Crippen molar-refractivity contribution in [1.29, 1.82) is 0 Å². The third-order valence-corrected chi connectivity index (χ3v) is 12.2. The van der Waals surface area contributed by atoms with Crippen molar-refractivity contribution in [3.05, 3.63) is 108 Å². The van der Waals surface area contributed by atoms with Crippen LogP contribution in [0.15, 0.2) is 117 Å². The first-order chi connectivity index (χ1) is 13.3. The highest BCUT2D eigenvalue weighted by atomic mass is 79.9. The van der Waals surface area contributed by atoms with Crippen molar-refractivity contribution in [1.82, 2.24) is 0 Å². The van der Waals surface area contributed by atoms with Gasteiger partial charge in [-0.15, -0.1) is 0 Å². The van der Waals surface area contributed by atoms with Gasteiger partial charge in [-0.3, -0.25) is 0 Å². The van der Waals surface area contributed by atoms with Crippen molar-refractivity contribution >= 4 is 56.5 Å². The van der Waals surface area contributed by atoms with Gasteiger partial charge in [0.2, 0.25) is 0 Å². The molecule has 0 saturated heterocycles. The molecule has 0 radical (unpaired) electrons. The monoisotopic (exact) mass is 444 g/mol. The second kappa shape index (κ2) is 6.83. The minimum absolute atomic E-state index is 1.12. The van der Waals surface area contributed by atoms with Crippen LogP contribution in [0.1, 0.15) is 0 Å². The van der Waals surface area contributed by atoms with E-state index in [1.54, 1.807) is 0 Å². The smallest absolute Gasteiger partial charge is 0.0903 e. The summed E-state index contributed by atoms with van der Waals surface area (Å²) in [5, 5.41) is 5.84. The van der Waals surface area contributed by atoms with Crippen LogP contribution in [0.4, 0.5) is 0 Å². The van der Waals surface area contributed by atoms with E-state index >= 15 is 0 Å². The maximum absolute atomic E-state index is 3.62. The van der Waals surface area contributed by atoms with Gasteiger partial charge in [-0.25, -0.2) is 0 Å². The Bertz CT molecular complexity index is 1060. The Labute approximate surface area is 173 Å². The summed E-state index contributed by atoms with van der Waals surface area (Å²) in [6, 6.07) is 38.0. The van der Waals surface area contributed by atoms with Crippen LogP contribution in [-0.4, -0.2) is 8.07 Å². The number of rotatable bonds is 2. The normalized spacial score (nSPS) is 14.3. The van der Waals surface area contributed by atoms with Crippen molar-refractivity contribution < 1.29 is 0 Å². The first kappa shape index (κ1) is 17.1. The Hall–Kier alpha value is -2.07. The molecule has 1 aliphatic heterocycles. The number of halogens is 1. The minimum atomic E-state index is -2.34. The molecule has 0 atom stereocenters. The van der Waals surface area contributed by atoms with E-state index in [0.717, 1.165) is 4.47 Å². The molecular weight excluding hydrogens is 428 g/mol. The van der Waals surface area contributed by atoms with Crippen molar-refractivity contribution in [3.63, 3.8) is 0 Å². The molecule has 0 nitrogen and oxygen atoms in total. The predicted octanol–water partition coefficient (Wildman–Crippen LogP) is 4.29. The maximum atomic E-state index is 3.62. The van der Waals surface area contributed by atoms with Gasteiger partial charge in [0.15, 0.2) is 8.07 Å². The fraction of sp³-hybridized carbons (Fsp3) is 0. The molecule has 3 heteroatoms. The van der Waals surface area contributed by atoms with E-state index in [4.69, 9.17) is 0 Å². The molecule has 0 aliphatic carbocycles. The van der Waals surface area contributed by atoms with Crippen LogP contribution in [0.2, 0.25) is 0 Å². The molecule has 0 N–H and O–H groups in total. The molecule has 4 aromatic carbocycles. The van der Waals surface area contributed by atoms with E-state index in [1.807, 2.05) is 11.8 Å². The number of benzene rings is 4. The van der Waals surface area contributed by atoms with E-state index < -0.39 is 8.07 Å². The summed E-state index contributed by atoms with van der Waals surface area (Å²) in [5.74, 6) is 0. The van der Waals surface area contributed by atoms with Gasteiger partial charge in [-0.2, -0.15) is 0 Å². The van der Waals surface area contributed by atoms with Gasteiger partial charge in [-0.05, 0) is 45.0 Å². The zero-order chi connectivity index (χ0) is 18.3. The molecule has 0 saturated carbocycles. The molecule has 0 spiro atoms.